The molecule has 7 heteroatoms. The molecule has 7 nitrogen and oxygen atoms in total. The zero-order valence-electron chi connectivity index (χ0n) is 17.3. The summed E-state index contributed by atoms with van der Waals surface area (Å²) in [5, 5.41) is 0. The van der Waals surface area contributed by atoms with Gasteiger partial charge < -0.3 is 24.2 Å². The van der Waals surface area contributed by atoms with Gasteiger partial charge in [0.1, 0.15) is 11.5 Å². The molecule has 0 unspecified atom stereocenters. The first-order valence-electron chi connectivity index (χ1n) is 10.3. The molecule has 2 saturated heterocycles. The van der Waals surface area contributed by atoms with Gasteiger partial charge in [0, 0.05) is 44.8 Å². The van der Waals surface area contributed by atoms with Crippen molar-refractivity contribution in [1.29, 1.82) is 0 Å². The maximum Gasteiger partial charge on any atom is 0.260 e. The first-order valence-corrected chi connectivity index (χ1v) is 10.3. The van der Waals surface area contributed by atoms with Gasteiger partial charge in [-0.1, -0.05) is 12.1 Å². The molecule has 0 aromatic heterocycles. The van der Waals surface area contributed by atoms with E-state index in [0.717, 1.165) is 43.2 Å². The van der Waals surface area contributed by atoms with Crippen LogP contribution in [0.2, 0.25) is 0 Å². The van der Waals surface area contributed by atoms with E-state index < -0.39 is 0 Å². The Labute approximate surface area is 176 Å². The number of rotatable bonds is 6. The number of nitrogens with zero attached hydrogens (tertiary/aromatic N) is 3. The molecule has 158 valence electrons. The van der Waals surface area contributed by atoms with E-state index >= 15 is 0 Å². The smallest absolute Gasteiger partial charge is 0.260 e. The van der Waals surface area contributed by atoms with Gasteiger partial charge in [-0.25, -0.2) is 0 Å². The number of benzene rings is 2. The molecule has 0 saturated carbocycles. The van der Waals surface area contributed by atoms with Gasteiger partial charge >= 0.3 is 0 Å². The predicted molar refractivity (Wildman–Crippen MR) is 115 cm³/mol. The largest absolute Gasteiger partial charge is 0.495 e. The molecule has 0 spiro atoms. The summed E-state index contributed by atoms with van der Waals surface area (Å²) in [6, 6.07) is 15.3. The summed E-state index contributed by atoms with van der Waals surface area (Å²) in [4.78, 5) is 30.3. The monoisotopic (exact) mass is 409 g/mol. The first kappa shape index (κ1) is 20.1. The summed E-state index contributed by atoms with van der Waals surface area (Å²) in [6.07, 6.45) is 1.51. The molecular formula is C23H27N3O4. The minimum absolute atomic E-state index is 0.0106. The fourth-order valence-corrected chi connectivity index (χ4v) is 3.97. The Morgan fingerprint density at radius 3 is 2.37 bits per heavy atom. The van der Waals surface area contributed by atoms with E-state index in [0.29, 0.717) is 25.3 Å². The van der Waals surface area contributed by atoms with Gasteiger partial charge in [-0.3, -0.25) is 9.59 Å². The fraction of sp³-hybridized carbons (Fsp3) is 0.391. The number of carbonyl (C=O) groups excluding carboxylic acids is 2. The Bertz CT molecular complexity index is 892. The molecule has 0 bridgehead atoms. The Balaban J connectivity index is 1.26. The minimum Gasteiger partial charge on any atom is -0.495 e. The van der Waals surface area contributed by atoms with Crippen LogP contribution < -0.4 is 19.3 Å². The second-order valence-corrected chi connectivity index (χ2v) is 7.47. The zero-order valence-corrected chi connectivity index (χ0v) is 17.3. The van der Waals surface area contributed by atoms with Gasteiger partial charge in [0.15, 0.2) is 6.61 Å². The number of anilines is 2. The van der Waals surface area contributed by atoms with Crippen LogP contribution in [0.4, 0.5) is 11.4 Å². The van der Waals surface area contributed by atoms with Crippen molar-refractivity contribution in [1.82, 2.24) is 4.90 Å². The van der Waals surface area contributed by atoms with Crippen molar-refractivity contribution in [3.8, 4) is 11.5 Å². The van der Waals surface area contributed by atoms with Crippen LogP contribution in [0.3, 0.4) is 0 Å². The number of hydrogen-bond acceptors (Lipinski definition) is 5. The number of carbonyl (C=O) groups is 2. The highest BCUT2D eigenvalue weighted by atomic mass is 16.5. The third-order valence-electron chi connectivity index (χ3n) is 5.64. The number of hydrogen-bond donors (Lipinski definition) is 0. The van der Waals surface area contributed by atoms with Crippen LogP contribution in [-0.4, -0.2) is 63.2 Å². The Kier molecular flexibility index (Phi) is 6.07. The van der Waals surface area contributed by atoms with Crippen LogP contribution in [0.1, 0.15) is 12.8 Å². The molecule has 0 radical (unpaired) electrons. The molecule has 2 aliphatic rings. The van der Waals surface area contributed by atoms with Crippen LogP contribution >= 0.6 is 0 Å². The van der Waals surface area contributed by atoms with E-state index in [9.17, 15) is 9.59 Å². The van der Waals surface area contributed by atoms with Crippen LogP contribution in [0, 0.1) is 0 Å². The summed E-state index contributed by atoms with van der Waals surface area (Å²) in [5.74, 6) is 1.62. The van der Waals surface area contributed by atoms with Crippen molar-refractivity contribution in [3.05, 3.63) is 48.5 Å². The van der Waals surface area contributed by atoms with E-state index in [1.165, 1.54) is 0 Å². The maximum atomic E-state index is 12.6. The lowest BCUT2D eigenvalue weighted by molar-refractivity contribution is -0.133. The van der Waals surface area contributed by atoms with Gasteiger partial charge in [-0.15, -0.1) is 0 Å². The quantitative estimate of drug-likeness (QED) is 0.734. The third-order valence-corrected chi connectivity index (χ3v) is 5.64. The molecule has 2 heterocycles. The fourth-order valence-electron chi connectivity index (χ4n) is 3.97. The van der Waals surface area contributed by atoms with E-state index in [1.54, 1.807) is 12.0 Å². The lowest BCUT2D eigenvalue weighted by Gasteiger charge is -2.36. The van der Waals surface area contributed by atoms with Crippen molar-refractivity contribution in [2.24, 2.45) is 0 Å². The highest BCUT2D eigenvalue weighted by molar-refractivity contribution is 5.95. The number of methoxy groups -OCH3 is 1. The lowest BCUT2D eigenvalue weighted by atomic mass is 10.2. The highest BCUT2D eigenvalue weighted by Crippen LogP contribution is 2.28. The van der Waals surface area contributed by atoms with Gasteiger partial charge in [-0.2, -0.15) is 0 Å². The summed E-state index contributed by atoms with van der Waals surface area (Å²) in [7, 11) is 1.67. The standard InChI is InChI=1S/C23H27N3O4/c1-29-21-6-3-2-5-20(21)24-13-15-25(16-14-24)23(28)17-30-19-10-8-18(9-11-19)26-12-4-7-22(26)27/h2-3,5-6,8-11H,4,7,12-17H2,1H3. The lowest BCUT2D eigenvalue weighted by Crippen LogP contribution is -2.50. The number of piperazine rings is 1. The van der Waals surface area contributed by atoms with E-state index in [-0.39, 0.29) is 18.4 Å². The number of para-hydroxylation sites is 2. The normalized spacial score (nSPS) is 16.7. The van der Waals surface area contributed by atoms with Crippen molar-refractivity contribution >= 4 is 23.2 Å². The van der Waals surface area contributed by atoms with Crippen LogP contribution in [0.5, 0.6) is 11.5 Å². The van der Waals surface area contributed by atoms with Crippen molar-refractivity contribution < 1.29 is 19.1 Å². The molecule has 30 heavy (non-hydrogen) atoms. The third kappa shape index (κ3) is 4.35. The summed E-state index contributed by atoms with van der Waals surface area (Å²) in [6.45, 7) is 3.58. The SMILES string of the molecule is COc1ccccc1N1CCN(C(=O)COc2ccc(N3CCCC3=O)cc2)CC1. The molecule has 2 amide bonds. The van der Waals surface area contributed by atoms with Crippen LogP contribution in [-0.2, 0) is 9.59 Å². The maximum absolute atomic E-state index is 12.6. The molecule has 0 atom stereocenters. The topological polar surface area (TPSA) is 62.3 Å². The molecule has 2 fully saturated rings. The highest BCUT2D eigenvalue weighted by Gasteiger charge is 2.24. The first-order chi connectivity index (χ1) is 14.7. The molecular weight excluding hydrogens is 382 g/mol. The predicted octanol–water partition coefficient (Wildman–Crippen LogP) is 2.55. The molecule has 2 aromatic rings. The molecule has 4 rings (SSSR count). The van der Waals surface area contributed by atoms with Gasteiger partial charge in [0.25, 0.3) is 5.91 Å². The van der Waals surface area contributed by atoms with E-state index in [4.69, 9.17) is 9.47 Å². The Morgan fingerprint density at radius 1 is 0.967 bits per heavy atom. The summed E-state index contributed by atoms with van der Waals surface area (Å²) < 4.78 is 11.1. The van der Waals surface area contributed by atoms with Crippen molar-refractivity contribution in [2.75, 3.05) is 56.2 Å². The average molecular weight is 409 g/mol. The average Bonchev–Trinajstić information content (AvgIpc) is 3.23. The van der Waals surface area contributed by atoms with E-state index in [2.05, 4.69) is 4.90 Å². The van der Waals surface area contributed by atoms with Gasteiger partial charge in [0.05, 0.1) is 12.8 Å². The Morgan fingerprint density at radius 2 is 1.70 bits per heavy atom. The van der Waals surface area contributed by atoms with E-state index in [1.807, 2.05) is 53.4 Å². The second kappa shape index (κ2) is 9.07. The van der Waals surface area contributed by atoms with Gasteiger partial charge in [0.2, 0.25) is 5.91 Å². The van der Waals surface area contributed by atoms with Crippen molar-refractivity contribution in [2.45, 2.75) is 12.8 Å². The zero-order chi connectivity index (χ0) is 20.9. The molecule has 2 aromatic carbocycles. The van der Waals surface area contributed by atoms with Crippen molar-refractivity contribution in [3.63, 3.8) is 0 Å². The summed E-state index contributed by atoms with van der Waals surface area (Å²) >= 11 is 0. The Hall–Kier alpha value is -3.22. The molecule has 0 N–H and O–H groups in total. The molecule has 0 aliphatic carbocycles. The van der Waals surface area contributed by atoms with Crippen LogP contribution in [0.25, 0.3) is 0 Å². The van der Waals surface area contributed by atoms with Crippen LogP contribution in [0.15, 0.2) is 48.5 Å². The number of amides is 2. The van der Waals surface area contributed by atoms with Gasteiger partial charge in [-0.05, 0) is 42.8 Å². The summed E-state index contributed by atoms with van der Waals surface area (Å²) in [5.41, 5.74) is 1.93. The number of ether oxygens (including phenoxy) is 2. The second-order valence-electron chi connectivity index (χ2n) is 7.47. The minimum atomic E-state index is -0.0199. The molecule has 2 aliphatic heterocycles.